The lowest BCUT2D eigenvalue weighted by atomic mass is 10.2. The molecule has 21 heavy (non-hydrogen) atoms. The molecule has 0 heterocycles. The predicted octanol–water partition coefficient (Wildman–Crippen LogP) is 2.22. The van der Waals surface area contributed by atoms with Crippen LogP contribution < -0.4 is 4.90 Å². The fraction of sp³-hybridized carbons (Fsp3) is 0.500. The molecule has 1 N–H and O–H groups in total. The Kier molecular flexibility index (Phi) is 6.37. The zero-order valence-electron chi connectivity index (χ0n) is 13.1. The van der Waals surface area contributed by atoms with Crippen LogP contribution in [0.2, 0.25) is 0 Å². The third-order valence-electron chi connectivity index (χ3n) is 3.41. The molecule has 1 amide bonds. The third-order valence-corrected chi connectivity index (χ3v) is 3.41. The first kappa shape index (κ1) is 17.2. The Balaban J connectivity index is 2.86. The summed E-state index contributed by atoms with van der Waals surface area (Å²) in [6.07, 6.45) is 0.464. The maximum absolute atomic E-state index is 12.5. The first-order valence-corrected chi connectivity index (χ1v) is 7.18. The van der Waals surface area contributed by atoms with Crippen LogP contribution in [0.5, 0.6) is 0 Å². The van der Waals surface area contributed by atoms with Gasteiger partial charge in [0.25, 0.3) is 0 Å². The summed E-state index contributed by atoms with van der Waals surface area (Å²) in [6.45, 7) is 5.77. The number of carbonyl (C=O) groups excluding carboxylic acids is 1. The first-order valence-electron chi connectivity index (χ1n) is 7.18. The van der Waals surface area contributed by atoms with E-state index in [1.807, 2.05) is 44.2 Å². The molecule has 5 heteroatoms. The SMILES string of the molecule is CCC(C(=O)O)N(C)CC(=O)N(c1ccccc1)C(C)C. The summed E-state index contributed by atoms with van der Waals surface area (Å²) in [5.41, 5.74) is 0.828. The molecular formula is C16H24N2O3. The number of anilines is 1. The van der Waals surface area contributed by atoms with Gasteiger partial charge >= 0.3 is 5.97 Å². The van der Waals surface area contributed by atoms with Crippen LogP contribution in [0.25, 0.3) is 0 Å². The number of benzene rings is 1. The first-order chi connectivity index (χ1) is 9.88. The van der Waals surface area contributed by atoms with E-state index in [0.717, 1.165) is 5.69 Å². The number of carboxylic acids is 1. The molecule has 1 aromatic carbocycles. The molecule has 1 unspecified atom stereocenters. The van der Waals surface area contributed by atoms with E-state index in [-0.39, 0.29) is 18.5 Å². The fourth-order valence-corrected chi connectivity index (χ4v) is 2.39. The van der Waals surface area contributed by atoms with Crippen molar-refractivity contribution < 1.29 is 14.7 Å². The Morgan fingerprint density at radius 2 is 1.76 bits per heavy atom. The second-order valence-electron chi connectivity index (χ2n) is 5.37. The van der Waals surface area contributed by atoms with Crippen molar-refractivity contribution >= 4 is 17.6 Å². The molecule has 0 aliphatic heterocycles. The summed E-state index contributed by atoms with van der Waals surface area (Å²) < 4.78 is 0. The number of hydrogen-bond donors (Lipinski definition) is 1. The Hall–Kier alpha value is -1.88. The lowest BCUT2D eigenvalue weighted by Gasteiger charge is -2.30. The molecule has 1 rings (SSSR count). The third kappa shape index (κ3) is 4.56. The van der Waals surface area contributed by atoms with Crippen LogP contribution in [0.4, 0.5) is 5.69 Å². The number of aliphatic carboxylic acids is 1. The normalized spacial score (nSPS) is 12.5. The largest absolute Gasteiger partial charge is 0.480 e. The van der Waals surface area contributed by atoms with E-state index in [2.05, 4.69) is 0 Å². The predicted molar refractivity (Wildman–Crippen MR) is 83.4 cm³/mol. The molecule has 0 saturated heterocycles. The maximum Gasteiger partial charge on any atom is 0.320 e. The molecular weight excluding hydrogens is 268 g/mol. The summed E-state index contributed by atoms with van der Waals surface area (Å²) in [5.74, 6) is -0.998. The molecule has 0 aliphatic rings. The maximum atomic E-state index is 12.5. The van der Waals surface area contributed by atoms with Crippen LogP contribution in [-0.4, -0.2) is 47.6 Å². The fourth-order valence-electron chi connectivity index (χ4n) is 2.39. The quantitative estimate of drug-likeness (QED) is 0.837. The van der Waals surface area contributed by atoms with E-state index < -0.39 is 12.0 Å². The zero-order valence-corrected chi connectivity index (χ0v) is 13.1. The smallest absolute Gasteiger partial charge is 0.320 e. The van der Waals surface area contributed by atoms with Crippen molar-refractivity contribution in [3.63, 3.8) is 0 Å². The number of amides is 1. The Bertz CT molecular complexity index is 474. The summed E-state index contributed by atoms with van der Waals surface area (Å²) >= 11 is 0. The minimum absolute atomic E-state index is 0.0122. The number of rotatable bonds is 7. The number of likely N-dealkylation sites (N-methyl/N-ethyl adjacent to an activating group) is 1. The van der Waals surface area contributed by atoms with Crippen LogP contribution in [0.3, 0.4) is 0 Å². The average molecular weight is 292 g/mol. The van der Waals surface area contributed by atoms with E-state index in [1.165, 1.54) is 0 Å². The van der Waals surface area contributed by atoms with Gasteiger partial charge in [-0.15, -0.1) is 0 Å². The lowest BCUT2D eigenvalue weighted by Crippen LogP contribution is -2.47. The van der Waals surface area contributed by atoms with Crippen molar-refractivity contribution in [2.45, 2.75) is 39.3 Å². The van der Waals surface area contributed by atoms with Crippen LogP contribution >= 0.6 is 0 Å². The van der Waals surface area contributed by atoms with Gasteiger partial charge in [-0.25, -0.2) is 0 Å². The second-order valence-corrected chi connectivity index (χ2v) is 5.37. The summed E-state index contributed by atoms with van der Waals surface area (Å²) in [7, 11) is 1.67. The van der Waals surface area contributed by atoms with E-state index in [9.17, 15) is 9.59 Å². The van der Waals surface area contributed by atoms with Gasteiger partial charge in [0.15, 0.2) is 0 Å². The van der Waals surface area contributed by atoms with Gasteiger partial charge in [-0.2, -0.15) is 0 Å². The molecule has 0 aromatic heterocycles. The lowest BCUT2D eigenvalue weighted by molar-refractivity contribution is -0.143. The summed E-state index contributed by atoms with van der Waals surface area (Å²) in [5, 5.41) is 9.15. The number of carbonyl (C=O) groups is 2. The van der Waals surface area contributed by atoms with E-state index in [0.29, 0.717) is 6.42 Å². The molecule has 0 aliphatic carbocycles. The second kappa shape index (κ2) is 7.78. The van der Waals surface area contributed by atoms with Crippen molar-refractivity contribution in [2.75, 3.05) is 18.5 Å². The Morgan fingerprint density at radius 1 is 1.19 bits per heavy atom. The van der Waals surface area contributed by atoms with Crippen LogP contribution in [-0.2, 0) is 9.59 Å². The van der Waals surface area contributed by atoms with Gasteiger partial charge < -0.3 is 10.0 Å². The number of hydrogen-bond acceptors (Lipinski definition) is 3. The van der Waals surface area contributed by atoms with Crippen LogP contribution in [0, 0.1) is 0 Å². The molecule has 0 fully saturated rings. The molecule has 1 atom stereocenters. The van der Waals surface area contributed by atoms with E-state index in [1.54, 1.807) is 23.8 Å². The Labute approximate surface area is 126 Å². The molecule has 1 aromatic rings. The molecule has 116 valence electrons. The van der Waals surface area contributed by atoms with Gasteiger partial charge in [0.05, 0.1) is 6.54 Å². The highest BCUT2D eigenvalue weighted by atomic mass is 16.4. The average Bonchev–Trinajstić information content (AvgIpc) is 2.39. The molecule has 0 saturated carbocycles. The minimum atomic E-state index is -0.899. The van der Waals surface area contributed by atoms with Gasteiger partial charge in [-0.3, -0.25) is 14.5 Å². The van der Waals surface area contributed by atoms with Crippen LogP contribution in [0.1, 0.15) is 27.2 Å². The molecule has 5 nitrogen and oxygen atoms in total. The highest BCUT2D eigenvalue weighted by Crippen LogP contribution is 2.17. The highest BCUT2D eigenvalue weighted by molar-refractivity contribution is 5.95. The number of carboxylic acid groups (broad SMARTS) is 1. The van der Waals surface area contributed by atoms with E-state index in [4.69, 9.17) is 5.11 Å². The monoisotopic (exact) mass is 292 g/mol. The number of nitrogens with zero attached hydrogens (tertiary/aromatic N) is 2. The van der Waals surface area contributed by atoms with Gasteiger partial charge in [0.1, 0.15) is 6.04 Å². The van der Waals surface area contributed by atoms with Crippen molar-refractivity contribution in [3.8, 4) is 0 Å². The van der Waals surface area contributed by atoms with Crippen molar-refractivity contribution in [2.24, 2.45) is 0 Å². The summed E-state index contributed by atoms with van der Waals surface area (Å²) in [6, 6.07) is 8.80. The Morgan fingerprint density at radius 3 is 2.19 bits per heavy atom. The molecule has 0 spiro atoms. The van der Waals surface area contributed by atoms with Crippen molar-refractivity contribution in [1.29, 1.82) is 0 Å². The van der Waals surface area contributed by atoms with E-state index >= 15 is 0 Å². The van der Waals surface area contributed by atoms with Gasteiger partial charge in [-0.05, 0) is 39.4 Å². The van der Waals surface area contributed by atoms with Crippen molar-refractivity contribution in [1.82, 2.24) is 4.90 Å². The standard InChI is InChI=1S/C16H24N2O3/c1-5-14(16(20)21)17(4)11-15(19)18(12(2)3)13-9-7-6-8-10-13/h6-10,12,14H,5,11H2,1-4H3,(H,20,21). The molecule has 0 bridgehead atoms. The topological polar surface area (TPSA) is 60.9 Å². The highest BCUT2D eigenvalue weighted by Gasteiger charge is 2.26. The molecule has 0 radical (unpaired) electrons. The van der Waals surface area contributed by atoms with Crippen LogP contribution in [0.15, 0.2) is 30.3 Å². The zero-order chi connectivity index (χ0) is 16.0. The van der Waals surface area contributed by atoms with Crippen molar-refractivity contribution in [3.05, 3.63) is 30.3 Å². The summed E-state index contributed by atoms with van der Waals surface area (Å²) in [4.78, 5) is 27.0. The van der Waals surface area contributed by atoms with Gasteiger partial charge in [-0.1, -0.05) is 25.1 Å². The van der Waals surface area contributed by atoms with Gasteiger partial charge in [0, 0.05) is 11.7 Å². The number of para-hydroxylation sites is 1. The van der Waals surface area contributed by atoms with Gasteiger partial charge in [0.2, 0.25) is 5.91 Å². The minimum Gasteiger partial charge on any atom is -0.480 e.